The zero-order valence-corrected chi connectivity index (χ0v) is 12.2. The van der Waals surface area contributed by atoms with Gasteiger partial charge in [-0.2, -0.15) is 12.7 Å². The van der Waals surface area contributed by atoms with Gasteiger partial charge in [-0.05, 0) is 20.3 Å². The molecule has 0 saturated carbocycles. The summed E-state index contributed by atoms with van der Waals surface area (Å²) >= 11 is 0. The normalized spacial score (nSPS) is 21.5. The lowest BCUT2D eigenvalue weighted by Crippen LogP contribution is -2.50. The summed E-state index contributed by atoms with van der Waals surface area (Å²) in [5, 5.41) is 0. The van der Waals surface area contributed by atoms with Gasteiger partial charge < -0.3 is 4.74 Å². The van der Waals surface area contributed by atoms with Crippen LogP contribution in [-0.2, 0) is 19.7 Å². The largest absolute Gasteiger partial charge is 0.446 e. The molecule has 7 nitrogen and oxygen atoms in total. The highest BCUT2D eigenvalue weighted by Gasteiger charge is 2.33. The van der Waals surface area contributed by atoms with Crippen LogP contribution in [0, 0.1) is 5.92 Å². The first-order valence-electron chi connectivity index (χ1n) is 6.27. The Bertz CT molecular complexity index is 446. The van der Waals surface area contributed by atoms with Crippen LogP contribution in [0.5, 0.6) is 0 Å². The van der Waals surface area contributed by atoms with E-state index < -0.39 is 22.4 Å². The predicted molar refractivity (Wildman–Crippen MR) is 68.7 cm³/mol. The van der Waals surface area contributed by atoms with Crippen molar-refractivity contribution in [1.82, 2.24) is 9.03 Å². The van der Waals surface area contributed by atoms with E-state index in [9.17, 15) is 18.0 Å². The molecule has 1 aliphatic heterocycles. The maximum absolute atomic E-state index is 11.9. The van der Waals surface area contributed by atoms with E-state index in [4.69, 9.17) is 4.74 Å². The van der Waals surface area contributed by atoms with E-state index in [1.165, 1.54) is 0 Å². The molecular formula is C11H20N2O5S. The molecule has 0 radical (unpaired) electrons. The molecule has 1 saturated heterocycles. The molecule has 1 unspecified atom stereocenters. The minimum Gasteiger partial charge on any atom is -0.446 e. The van der Waals surface area contributed by atoms with Crippen molar-refractivity contribution in [1.29, 1.82) is 0 Å². The van der Waals surface area contributed by atoms with Gasteiger partial charge in [-0.1, -0.05) is 6.92 Å². The third-order valence-corrected chi connectivity index (χ3v) is 4.31. The number of hydrogen-bond acceptors (Lipinski definition) is 5. The van der Waals surface area contributed by atoms with Crippen molar-refractivity contribution >= 4 is 22.1 Å². The average molecular weight is 292 g/mol. The molecule has 0 spiro atoms. The standard InChI is InChI=1S/C11H20N2O5S/c1-4-9-7-13(6-5-10(9)14)19(16,17)12-11(15)18-8(2)3/h8-9H,4-7H2,1-3H3,(H,12,15). The van der Waals surface area contributed by atoms with Crippen molar-refractivity contribution in [3.63, 3.8) is 0 Å². The van der Waals surface area contributed by atoms with Gasteiger partial charge in [0.1, 0.15) is 5.78 Å². The number of piperidine rings is 1. The summed E-state index contributed by atoms with van der Waals surface area (Å²) in [6.45, 7) is 5.29. The summed E-state index contributed by atoms with van der Waals surface area (Å²) < 4.78 is 31.6. The number of hydrogen-bond donors (Lipinski definition) is 1. The summed E-state index contributed by atoms with van der Waals surface area (Å²) in [5.74, 6) is -0.231. The number of carbonyl (C=O) groups is 2. The van der Waals surface area contributed by atoms with Crippen LogP contribution in [0.4, 0.5) is 4.79 Å². The monoisotopic (exact) mass is 292 g/mol. The topological polar surface area (TPSA) is 92.8 Å². The fourth-order valence-electron chi connectivity index (χ4n) is 1.86. The molecular weight excluding hydrogens is 272 g/mol. The molecule has 1 aliphatic rings. The van der Waals surface area contributed by atoms with Crippen LogP contribution in [0.25, 0.3) is 0 Å². The number of ether oxygens (including phenoxy) is 1. The molecule has 19 heavy (non-hydrogen) atoms. The number of nitrogens with one attached hydrogen (secondary N) is 1. The Hall–Kier alpha value is -1.15. The van der Waals surface area contributed by atoms with Gasteiger partial charge in [-0.3, -0.25) is 4.79 Å². The number of carbonyl (C=O) groups excluding carboxylic acids is 2. The fourth-order valence-corrected chi connectivity index (χ4v) is 2.96. The molecule has 0 aromatic rings. The molecule has 0 aromatic carbocycles. The van der Waals surface area contributed by atoms with E-state index in [0.717, 1.165) is 4.31 Å². The Morgan fingerprint density at radius 3 is 2.68 bits per heavy atom. The van der Waals surface area contributed by atoms with Crippen LogP contribution in [0.3, 0.4) is 0 Å². The van der Waals surface area contributed by atoms with Crippen LogP contribution >= 0.6 is 0 Å². The van der Waals surface area contributed by atoms with Crippen LogP contribution in [0.2, 0.25) is 0 Å². The van der Waals surface area contributed by atoms with Crippen LogP contribution in [0.15, 0.2) is 0 Å². The summed E-state index contributed by atoms with van der Waals surface area (Å²) in [7, 11) is -3.94. The fraction of sp³-hybridized carbons (Fsp3) is 0.818. The highest BCUT2D eigenvalue weighted by atomic mass is 32.2. The minimum atomic E-state index is -3.94. The van der Waals surface area contributed by atoms with Gasteiger partial charge in [0.2, 0.25) is 0 Å². The molecule has 1 N–H and O–H groups in total. The van der Waals surface area contributed by atoms with Gasteiger partial charge in [0.15, 0.2) is 0 Å². The van der Waals surface area contributed by atoms with Crippen molar-refractivity contribution in [3.8, 4) is 0 Å². The molecule has 0 bridgehead atoms. The number of nitrogens with zero attached hydrogens (tertiary/aromatic N) is 1. The Labute approximate surface area is 113 Å². The second-order valence-corrected chi connectivity index (χ2v) is 6.41. The zero-order chi connectivity index (χ0) is 14.6. The van der Waals surface area contributed by atoms with Crippen molar-refractivity contribution in [2.24, 2.45) is 5.92 Å². The van der Waals surface area contributed by atoms with Crippen LogP contribution in [-0.4, -0.2) is 43.8 Å². The van der Waals surface area contributed by atoms with Gasteiger partial charge in [0, 0.05) is 25.4 Å². The van der Waals surface area contributed by atoms with Crippen molar-refractivity contribution in [2.75, 3.05) is 13.1 Å². The lowest BCUT2D eigenvalue weighted by Gasteiger charge is -2.30. The number of ketones is 1. The number of Topliss-reactive ketones (excluding diaryl/α,β-unsaturated/α-hetero) is 1. The second-order valence-electron chi connectivity index (χ2n) is 4.74. The van der Waals surface area contributed by atoms with Crippen molar-refractivity contribution < 1.29 is 22.7 Å². The molecule has 1 rings (SSSR count). The summed E-state index contributed by atoms with van der Waals surface area (Å²) in [5.41, 5.74) is 0. The zero-order valence-electron chi connectivity index (χ0n) is 11.4. The molecule has 1 heterocycles. The van der Waals surface area contributed by atoms with Crippen LogP contribution < -0.4 is 4.72 Å². The predicted octanol–water partition coefficient (Wildman–Crippen LogP) is 0.667. The third kappa shape index (κ3) is 4.46. The molecule has 1 amide bonds. The van der Waals surface area contributed by atoms with Gasteiger partial charge >= 0.3 is 16.3 Å². The van der Waals surface area contributed by atoms with Crippen molar-refractivity contribution in [3.05, 3.63) is 0 Å². The van der Waals surface area contributed by atoms with E-state index in [-0.39, 0.29) is 31.2 Å². The number of amides is 1. The molecule has 1 fully saturated rings. The Balaban J connectivity index is 2.67. The van der Waals surface area contributed by atoms with E-state index >= 15 is 0 Å². The highest BCUT2D eigenvalue weighted by Crippen LogP contribution is 2.18. The lowest BCUT2D eigenvalue weighted by molar-refractivity contribution is -0.125. The third-order valence-electron chi connectivity index (χ3n) is 2.87. The second kappa shape index (κ2) is 6.33. The molecule has 8 heteroatoms. The first-order valence-corrected chi connectivity index (χ1v) is 7.71. The maximum atomic E-state index is 11.9. The molecule has 1 atom stereocenters. The van der Waals surface area contributed by atoms with Gasteiger partial charge in [0.05, 0.1) is 6.10 Å². The molecule has 0 aliphatic carbocycles. The maximum Gasteiger partial charge on any atom is 0.422 e. The van der Waals surface area contributed by atoms with Gasteiger partial charge in [0.25, 0.3) is 0 Å². The Kier molecular flexibility index (Phi) is 5.30. The summed E-state index contributed by atoms with van der Waals surface area (Å²) in [6.07, 6.45) is -0.638. The average Bonchev–Trinajstić information content (AvgIpc) is 2.27. The van der Waals surface area contributed by atoms with E-state index in [1.54, 1.807) is 13.8 Å². The molecule has 0 aromatic heterocycles. The summed E-state index contributed by atoms with van der Waals surface area (Å²) in [6, 6.07) is 0. The quantitative estimate of drug-likeness (QED) is 0.822. The van der Waals surface area contributed by atoms with Gasteiger partial charge in [-0.15, -0.1) is 0 Å². The Morgan fingerprint density at radius 2 is 2.16 bits per heavy atom. The highest BCUT2D eigenvalue weighted by molar-refractivity contribution is 7.87. The van der Waals surface area contributed by atoms with Crippen LogP contribution in [0.1, 0.15) is 33.6 Å². The minimum absolute atomic E-state index is 0.0682. The van der Waals surface area contributed by atoms with E-state index in [0.29, 0.717) is 6.42 Å². The molecule has 110 valence electrons. The van der Waals surface area contributed by atoms with E-state index in [1.807, 2.05) is 11.6 Å². The Morgan fingerprint density at radius 1 is 1.53 bits per heavy atom. The first kappa shape index (κ1) is 15.9. The summed E-state index contributed by atoms with van der Waals surface area (Å²) in [4.78, 5) is 22.9. The smallest absolute Gasteiger partial charge is 0.422 e. The lowest BCUT2D eigenvalue weighted by atomic mass is 9.96. The van der Waals surface area contributed by atoms with Gasteiger partial charge in [-0.25, -0.2) is 9.52 Å². The first-order chi connectivity index (χ1) is 8.76. The number of rotatable bonds is 4. The SMILES string of the molecule is CCC1CN(S(=O)(=O)NC(=O)OC(C)C)CCC1=O. The van der Waals surface area contributed by atoms with E-state index in [2.05, 4.69) is 0 Å². The van der Waals surface area contributed by atoms with Crippen molar-refractivity contribution in [2.45, 2.75) is 39.7 Å².